The van der Waals surface area contributed by atoms with Crippen molar-refractivity contribution in [3.05, 3.63) is 28.1 Å². The van der Waals surface area contributed by atoms with Crippen LogP contribution in [0.1, 0.15) is 6.42 Å². The predicted molar refractivity (Wildman–Crippen MR) is 67.2 cm³/mol. The van der Waals surface area contributed by atoms with Crippen molar-refractivity contribution >= 4 is 17.3 Å². The molecule has 0 saturated carbocycles. The van der Waals surface area contributed by atoms with Crippen LogP contribution in [0.25, 0.3) is 0 Å². The molecule has 2 rings (SSSR count). The number of aliphatic hydroxyl groups is 1. The summed E-state index contributed by atoms with van der Waals surface area (Å²) in [6.07, 6.45) is 0.144. The number of nitro benzene ring substituents is 1. The van der Waals surface area contributed by atoms with Crippen molar-refractivity contribution in [2.75, 3.05) is 25.2 Å². The number of methoxy groups -OCH3 is 1. The molecule has 1 N–H and O–H groups in total. The summed E-state index contributed by atoms with van der Waals surface area (Å²) in [6, 6.07) is 1.86. The molecule has 1 aromatic carbocycles. The van der Waals surface area contributed by atoms with Crippen LogP contribution >= 0.6 is 0 Å². The lowest BCUT2D eigenvalue weighted by molar-refractivity contribution is -0.387. The molecule has 1 aliphatic heterocycles. The van der Waals surface area contributed by atoms with Crippen LogP contribution in [-0.2, 0) is 4.79 Å². The minimum Gasteiger partial charge on any atom is -0.494 e. The summed E-state index contributed by atoms with van der Waals surface area (Å²) in [5.41, 5.74) is -0.581. The second-order valence-corrected chi connectivity index (χ2v) is 4.49. The number of halogens is 1. The van der Waals surface area contributed by atoms with Crippen LogP contribution in [0.15, 0.2) is 12.1 Å². The quantitative estimate of drug-likeness (QED) is 0.660. The van der Waals surface area contributed by atoms with E-state index in [9.17, 15) is 19.3 Å². The van der Waals surface area contributed by atoms with Crippen molar-refractivity contribution in [1.82, 2.24) is 0 Å². The van der Waals surface area contributed by atoms with Gasteiger partial charge in [-0.25, -0.2) is 0 Å². The van der Waals surface area contributed by atoms with Crippen molar-refractivity contribution in [1.29, 1.82) is 0 Å². The Bertz CT molecular complexity index is 563. The first-order chi connectivity index (χ1) is 9.47. The van der Waals surface area contributed by atoms with Crippen LogP contribution in [0.5, 0.6) is 5.75 Å². The van der Waals surface area contributed by atoms with Crippen LogP contribution in [0.2, 0.25) is 0 Å². The number of rotatable bonds is 4. The third kappa shape index (κ3) is 2.42. The van der Waals surface area contributed by atoms with E-state index < -0.39 is 16.4 Å². The summed E-state index contributed by atoms with van der Waals surface area (Å²) in [7, 11) is 1.29. The number of nitrogens with zero attached hydrogens (tertiary/aromatic N) is 2. The summed E-state index contributed by atoms with van der Waals surface area (Å²) >= 11 is 0. The van der Waals surface area contributed by atoms with Gasteiger partial charge in [0.05, 0.1) is 17.7 Å². The smallest absolute Gasteiger partial charge is 0.307 e. The van der Waals surface area contributed by atoms with Crippen LogP contribution in [0, 0.1) is 21.8 Å². The molecule has 1 saturated heterocycles. The topological polar surface area (TPSA) is 92.9 Å². The van der Waals surface area contributed by atoms with Gasteiger partial charge in [-0.05, 0) is 0 Å². The number of amides is 1. The number of anilines is 1. The number of hydrogen-bond donors (Lipinski definition) is 1. The standard InChI is InChI=1S/C12H13FN2O5/c1-20-11-3-8(13)9(15(18)19)4-10(11)14-5-7(6-16)2-12(14)17/h3-4,7,16H,2,5-6H2,1H3. The Morgan fingerprint density at radius 3 is 2.80 bits per heavy atom. The van der Waals surface area contributed by atoms with Gasteiger partial charge in [0.1, 0.15) is 5.75 Å². The molecule has 1 atom stereocenters. The summed E-state index contributed by atoms with van der Waals surface area (Å²) < 4.78 is 18.5. The molecule has 0 aromatic heterocycles. The fraction of sp³-hybridized carbons (Fsp3) is 0.417. The predicted octanol–water partition coefficient (Wildman–Crippen LogP) is 1.09. The molecule has 1 amide bonds. The Kier molecular flexibility index (Phi) is 3.84. The van der Waals surface area contributed by atoms with E-state index >= 15 is 0 Å². The number of aliphatic hydroxyl groups excluding tert-OH is 1. The third-order valence-corrected chi connectivity index (χ3v) is 3.20. The van der Waals surface area contributed by atoms with Crippen LogP contribution < -0.4 is 9.64 Å². The molecule has 0 spiro atoms. The number of benzene rings is 1. The lowest BCUT2D eigenvalue weighted by atomic mass is 10.1. The molecule has 8 heteroatoms. The monoisotopic (exact) mass is 284 g/mol. The highest BCUT2D eigenvalue weighted by molar-refractivity contribution is 5.97. The molecule has 1 heterocycles. The number of nitro groups is 1. The first-order valence-electron chi connectivity index (χ1n) is 5.91. The summed E-state index contributed by atoms with van der Waals surface area (Å²) in [4.78, 5) is 23.1. The van der Waals surface area contributed by atoms with E-state index in [2.05, 4.69) is 0 Å². The fourth-order valence-corrected chi connectivity index (χ4v) is 2.18. The van der Waals surface area contributed by atoms with Crippen molar-refractivity contribution in [2.45, 2.75) is 6.42 Å². The van der Waals surface area contributed by atoms with Gasteiger partial charge in [0, 0.05) is 37.6 Å². The van der Waals surface area contributed by atoms with Gasteiger partial charge in [-0.3, -0.25) is 14.9 Å². The number of carbonyl (C=O) groups excluding carboxylic acids is 1. The zero-order chi connectivity index (χ0) is 14.9. The maximum atomic E-state index is 13.5. The molecule has 0 radical (unpaired) electrons. The second kappa shape index (κ2) is 5.41. The van der Waals surface area contributed by atoms with Crippen LogP contribution in [0.4, 0.5) is 15.8 Å². The Morgan fingerprint density at radius 1 is 1.60 bits per heavy atom. The van der Waals surface area contributed by atoms with E-state index in [-0.39, 0.29) is 42.8 Å². The molecular weight excluding hydrogens is 271 g/mol. The van der Waals surface area contributed by atoms with E-state index in [0.29, 0.717) is 0 Å². The van der Waals surface area contributed by atoms with Crippen LogP contribution in [-0.4, -0.2) is 36.2 Å². The Balaban J connectivity index is 2.47. The maximum absolute atomic E-state index is 13.5. The van der Waals surface area contributed by atoms with Crippen molar-refractivity contribution < 1.29 is 24.0 Å². The summed E-state index contributed by atoms with van der Waals surface area (Å²) in [6.45, 7) is 0.0579. The molecule has 1 unspecified atom stereocenters. The van der Waals surface area contributed by atoms with Gasteiger partial charge >= 0.3 is 5.69 Å². The zero-order valence-electron chi connectivity index (χ0n) is 10.7. The normalized spacial score (nSPS) is 18.4. The van der Waals surface area contributed by atoms with Gasteiger partial charge < -0.3 is 14.7 Å². The Hall–Kier alpha value is -2.22. The van der Waals surface area contributed by atoms with E-state index in [1.54, 1.807) is 0 Å². The van der Waals surface area contributed by atoms with Crippen molar-refractivity contribution in [3.63, 3.8) is 0 Å². The highest BCUT2D eigenvalue weighted by atomic mass is 19.1. The molecule has 0 aliphatic carbocycles. The van der Waals surface area contributed by atoms with Crippen molar-refractivity contribution in [3.8, 4) is 5.75 Å². The third-order valence-electron chi connectivity index (χ3n) is 3.20. The largest absolute Gasteiger partial charge is 0.494 e. The van der Waals surface area contributed by atoms with Gasteiger partial charge in [-0.2, -0.15) is 4.39 Å². The molecule has 1 fully saturated rings. The van der Waals surface area contributed by atoms with Gasteiger partial charge in [0.15, 0.2) is 0 Å². The number of carbonyl (C=O) groups is 1. The minimum atomic E-state index is -1.03. The summed E-state index contributed by atoms with van der Waals surface area (Å²) in [5.74, 6) is -1.51. The van der Waals surface area contributed by atoms with Gasteiger partial charge in [0.2, 0.25) is 11.7 Å². The lowest BCUT2D eigenvalue weighted by Crippen LogP contribution is -2.25. The Morgan fingerprint density at radius 2 is 2.30 bits per heavy atom. The molecule has 1 aromatic rings. The summed E-state index contributed by atoms with van der Waals surface area (Å²) in [5, 5.41) is 19.9. The van der Waals surface area contributed by atoms with E-state index in [1.807, 2.05) is 0 Å². The first kappa shape index (κ1) is 14.2. The molecule has 108 valence electrons. The minimum absolute atomic E-state index is 0.0417. The molecule has 1 aliphatic rings. The highest BCUT2D eigenvalue weighted by Crippen LogP contribution is 2.37. The van der Waals surface area contributed by atoms with Gasteiger partial charge in [-0.1, -0.05) is 0 Å². The average Bonchev–Trinajstić information content (AvgIpc) is 2.79. The Labute approximate surface area is 113 Å². The molecule has 0 bridgehead atoms. The van der Waals surface area contributed by atoms with Crippen LogP contribution in [0.3, 0.4) is 0 Å². The number of hydrogen-bond acceptors (Lipinski definition) is 5. The molecular formula is C12H13FN2O5. The van der Waals surface area contributed by atoms with E-state index in [1.165, 1.54) is 12.0 Å². The average molecular weight is 284 g/mol. The number of ether oxygens (including phenoxy) is 1. The van der Waals surface area contributed by atoms with Gasteiger partial charge in [0.25, 0.3) is 0 Å². The maximum Gasteiger partial charge on any atom is 0.307 e. The zero-order valence-corrected chi connectivity index (χ0v) is 10.7. The van der Waals surface area contributed by atoms with Gasteiger partial charge in [-0.15, -0.1) is 0 Å². The van der Waals surface area contributed by atoms with Crippen molar-refractivity contribution in [2.24, 2.45) is 5.92 Å². The van der Waals surface area contributed by atoms with E-state index in [4.69, 9.17) is 9.84 Å². The second-order valence-electron chi connectivity index (χ2n) is 4.49. The first-order valence-corrected chi connectivity index (χ1v) is 5.91. The molecule has 20 heavy (non-hydrogen) atoms. The lowest BCUT2D eigenvalue weighted by Gasteiger charge is -2.19. The van der Waals surface area contributed by atoms with E-state index in [0.717, 1.165) is 12.1 Å². The SMILES string of the molecule is COc1cc(F)c([N+](=O)[O-])cc1N1CC(CO)CC1=O. The molecule has 7 nitrogen and oxygen atoms in total. The highest BCUT2D eigenvalue weighted by Gasteiger charge is 2.33. The fourth-order valence-electron chi connectivity index (χ4n) is 2.18.